The van der Waals surface area contributed by atoms with Gasteiger partial charge in [0, 0.05) is 30.8 Å². The molecule has 3 nitrogen and oxygen atoms in total. The summed E-state index contributed by atoms with van der Waals surface area (Å²) in [5, 5.41) is 0. The molecule has 0 bridgehead atoms. The minimum absolute atomic E-state index is 0.00792. The summed E-state index contributed by atoms with van der Waals surface area (Å²) in [6.45, 7) is 8.96. The zero-order chi connectivity index (χ0) is 12.7. The van der Waals surface area contributed by atoms with Gasteiger partial charge in [-0.3, -0.25) is 14.5 Å². The average Bonchev–Trinajstić information content (AvgIpc) is 2.77. The molecule has 17 heavy (non-hydrogen) atoms. The zero-order valence-electron chi connectivity index (χ0n) is 11.3. The number of hydrogen-bond donors (Lipinski definition) is 0. The molecule has 0 N–H and O–H groups in total. The van der Waals surface area contributed by atoms with Gasteiger partial charge in [0.05, 0.1) is 6.04 Å². The van der Waals surface area contributed by atoms with Crippen molar-refractivity contribution < 1.29 is 9.59 Å². The molecule has 3 heteroatoms. The van der Waals surface area contributed by atoms with Crippen molar-refractivity contribution in [3.63, 3.8) is 0 Å². The van der Waals surface area contributed by atoms with E-state index in [-0.39, 0.29) is 17.9 Å². The molecule has 0 aromatic heterocycles. The molecule has 0 spiro atoms. The highest BCUT2D eigenvalue weighted by atomic mass is 16.1. The minimum atomic E-state index is -0.00792. The molecule has 0 amide bonds. The van der Waals surface area contributed by atoms with Gasteiger partial charge in [-0.1, -0.05) is 13.8 Å². The molecule has 2 aliphatic rings. The largest absolute Gasteiger partial charge is 0.299 e. The first-order valence-electron chi connectivity index (χ1n) is 6.75. The lowest BCUT2D eigenvalue weighted by Crippen LogP contribution is -2.45. The second kappa shape index (κ2) is 4.52. The normalized spacial score (nSPS) is 33.8. The number of likely N-dealkylation sites (tertiary alicyclic amines) is 1. The van der Waals surface area contributed by atoms with Crippen LogP contribution in [0, 0.1) is 17.8 Å². The first-order valence-corrected chi connectivity index (χ1v) is 6.75. The number of ketones is 2. The Hall–Kier alpha value is -0.700. The molecule has 1 saturated heterocycles. The van der Waals surface area contributed by atoms with Crippen LogP contribution in [0.25, 0.3) is 0 Å². The molecule has 1 saturated carbocycles. The summed E-state index contributed by atoms with van der Waals surface area (Å²) in [7, 11) is 0. The highest BCUT2D eigenvalue weighted by Gasteiger charge is 2.51. The molecule has 0 aromatic rings. The Morgan fingerprint density at radius 3 is 2.47 bits per heavy atom. The van der Waals surface area contributed by atoms with Gasteiger partial charge in [0.1, 0.15) is 5.78 Å². The number of nitrogens with zero attached hydrogens (tertiary/aromatic N) is 1. The summed E-state index contributed by atoms with van der Waals surface area (Å²) >= 11 is 0. The lowest BCUT2D eigenvalue weighted by molar-refractivity contribution is -0.128. The van der Waals surface area contributed by atoms with Crippen LogP contribution in [0.2, 0.25) is 0 Å². The molecule has 1 unspecified atom stereocenters. The van der Waals surface area contributed by atoms with Gasteiger partial charge in [-0.25, -0.2) is 0 Å². The Morgan fingerprint density at radius 1 is 1.29 bits per heavy atom. The van der Waals surface area contributed by atoms with Crippen molar-refractivity contribution in [2.75, 3.05) is 6.54 Å². The van der Waals surface area contributed by atoms with Crippen LogP contribution in [0.1, 0.15) is 40.5 Å². The van der Waals surface area contributed by atoms with Crippen molar-refractivity contribution in [3.8, 4) is 0 Å². The molecule has 0 aromatic carbocycles. The van der Waals surface area contributed by atoms with Crippen LogP contribution < -0.4 is 0 Å². The molecule has 0 radical (unpaired) electrons. The van der Waals surface area contributed by atoms with Gasteiger partial charge in [0.25, 0.3) is 0 Å². The lowest BCUT2D eigenvalue weighted by atomic mass is 9.87. The van der Waals surface area contributed by atoms with Gasteiger partial charge in [-0.05, 0) is 26.2 Å². The van der Waals surface area contributed by atoms with E-state index in [2.05, 4.69) is 18.7 Å². The third kappa shape index (κ3) is 2.05. The fourth-order valence-electron chi connectivity index (χ4n) is 3.38. The van der Waals surface area contributed by atoms with Crippen molar-refractivity contribution in [2.24, 2.45) is 17.8 Å². The van der Waals surface area contributed by atoms with E-state index in [4.69, 9.17) is 0 Å². The van der Waals surface area contributed by atoms with Crippen LogP contribution in [0.4, 0.5) is 0 Å². The maximum absolute atomic E-state index is 12.4. The summed E-state index contributed by atoms with van der Waals surface area (Å²) in [5.41, 5.74) is 0. The monoisotopic (exact) mass is 237 g/mol. The lowest BCUT2D eigenvalue weighted by Gasteiger charge is -2.30. The average molecular weight is 237 g/mol. The van der Waals surface area contributed by atoms with Crippen LogP contribution in [0.3, 0.4) is 0 Å². The number of carbonyl (C=O) groups excluding carboxylic acids is 2. The van der Waals surface area contributed by atoms with Crippen molar-refractivity contribution in [1.82, 2.24) is 4.90 Å². The highest BCUT2D eigenvalue weighted by molar-refractivity contribution is 5.91. The number of fused-ring (bicyclic) bond motifs is 1. The second-order valence-electron chi connectivity index (χ2n) is 6.07. The zero-order valence-corrected chi connectivity index (χ0v) is 11.3. The van der Waals surface area contributed by atoms with Crippen molar-refractivity contribution >= 4 is 11.6 Å². The summed E-state index contributed by atoms with van der Waals surface area (Å²) in [4.78, 5) is 26.4. The van der Waals surface area contributed by atoms with Gasteiger partial charge in [-0.2, -0.15) is 0 Å². The van der Waals surface area contributed by atoms with Gasteiger partial charge < -0.3 is 0 Å². The molecule has 96 valence electrons. The van der Waals surface area contributed by atoms with E-state index in [0.717, 1.165) is 13.0 Å². The number of hydrogen-bond acceptors (Lipinski definition) is 3. The molecular weight excluding hydrogens is 214 g/mol. The Labute approximate surface area is 104 Å². The molecule has 1 aliphatic heterocycles. The van der Waals surface area contributed by atoms with E-state index in [1.165, 1.54) is 0 Å². The molecule has 1 aliphatic carbocycles. The van der Waals surface area contributed by atoms with Gasteiger partial charge >= 0.3 is 0 Å². The Kier molecular flexibility index (Phi) is 3.39. The number of carbonyl (C=O) groups is 2. The predicted molar refractivity (Wildman–Crippen MR) is 66.7 cm³/mol. The summed E-state index contributed by atoms with van der Waals surface area (Å²) in [6.07, 6.45) is 1.60. The molecular formula is C14H23NO2. The predicted octanol–water partition coefficient (Wildman–Crippen LogP) is 1.90. The van der Waals surface area contributed by atoms with E-state index in [9.17, 15) is 9.59 Å². The Bertz CT molecular complexity index is 335. The Morgan fingerprint density at radius 2 is 1.94 bits per heavy atom. The van der Waals surface area contributed by atoms with Crippen molar-refractivity contribution in [2.45, 2.75) is 52.6 Å². The molecule has 2 fully saturated rings. The SMILES string of the molecule is CC(C)C(=O)C1[C@H]2CCC(=O)[C@H]2CN1C(C)C. The summed E-state index contributed by atoms with van der Waals surface area (Å²) in [5.74, 6) is 1.18. The molecule has 2 rings (SSSR count). The second-order valence-corrected chi connectivity index (χ2v) is 6.07. The summed E-state index contributed by atoms with van der Waals surface area (Å²) < 4.78 is 0. The fraction of sp³-hybridized carbons (Fsp3) is 0.857. The van der Waals surface area contributed by atoms with Crippen LogP contribution in [-0.4, -0.2) is 35.1 Å². The molecule has 1 heterocycles. The first kappa shape index (κ1) is 12.7. The van der Waals surface area contributed by atoms with Crippen molar-refractivity contribution in [1.29, 1.82) is 0 Å². The van der Waals surface area contributed by atoms with E-state index >= 15 is 0 Å². The van der Waals surface area contributed by atoms with E-state index in [1.54, 1.807) is 0 Å². The van der Waals surface area contributed by atoms with Gasteiger partial charge in [0.2, 0.25) is 0 Å². The van der Waals surface area contributed by atoms with Gasteiger partial charge in [-0.15, -0.1) is 0 Å². The quantitative estimate of drug-likeness (QED) is 0.752. The van der Waals surface area contributed by atoms with Crippen LogP contribution in [-0.2, 0) is 9.59 Å². The van der Waals surface area contributed by atoms with Crippen LogP contribution in [0.5, 0.6) is 0 Å². The highest BCUT2D eigenvalue weighted by Crippen LogP contribution is 2.41. The maximum atomic E-state index is 12.4. The smallest absolute Gasteiger partial charge is 0.152 e. The first-order chi connectivity index (χ1) is 7.93. The molecule has 3 atom stereocenters. The topological polar surface area (TPSA) is 37.4 Å². The standard InChI is InChI=1S/C14H23NO2/c1-8(2)14(17)13-10-5-6-12(16)11(10)7-15(13)9(3)4/h8-11,13H,5-7H2,1-4H3/t10-,11-,13?/m0/s1. The number of Topliss-reactive ketones (excluding diaryl/α,β-unsaturated/α-hetero) is 2. The maximum Gasteiger partial charge on any atom is 0.152 e. The minimum Gasteiger partial charge on any atom is -0.299 e. The van der Waals surface area contributed by atoms with E-state index < -0.39 is 0 Å². The third-order valence-electron chi connectivity index (χ3n) is 4.35. The van der Waals surface area contributed by atoms with E-state index in [0.29, 0.717) is 29.9 Å². The number of rotatable bonds is 3. The third-order valence-corrected chi connectivity index (χ3v) is 4.35. The van der Waals surface area contributed by atoms with Crippen molar-refractivity contribution in [3.05, 3.63) is 0 Å². The fourth-order valence-corrected chi connectivity index (χ4v) is 3.38. The van der Waals surface area contributed by atoms with Crippen LogP contribution in [0.15, 0.2) is 0 Å². The summed E-state index contributed by atoms with van der Waals surface area (Å²) in [6, 6.07) is 0.340. The van der Waals surface area contributed by atoms with Gasteiger partial charge in [0.15, 0.2) is 5.78 Å². The Balaban J connectivity index is 2.25. The van der Waals surface area contributed by atoms with E-state index in [1.807, 2.05) is 13.8 Å². The van der Waals surface area contributed by atoms with Crippen LogP contribution >= 0.6 is 0 Å².